The molecule has 0 bridgehead atoms. The van der Waals surface area contributed by atoms with E-state index in [4.69, 9.17) is 0 Å². The van der Waals surface area contributed by atoms with Crippen molar-refractivity contribution in [1.29, 1.82) is 0 Å². The molecule has 6 heteroatoms. The first-order valence-electron chi connectivity index (χ1n) is 7.11. The molecule has 0 radical (unpaired) electrons. The highest BCUT2D eigenvalue weighted by Crippen LogP contribution is 2.18. The van der Waals surface area contributed by atoms with Crippen LogP contribution in [0.4, 0.5) is 5.82 Å². The average Bonchev–Trinajstić information content (AvgIpc) is 2.40. The molecule has 1 aliphatic rings. The van der Waals surface area contributed by atoms with Gasteiger partial charge in [-0.25, -0.2) is 13.4 Å². The summed E-state index contributed by atoms with van der Waals surface area (Å²) >= 11 is 0. The number of nitrogens with one attached hydrogen (secondary N) is 1. The molecular weight excluding hydrogens is 274 g/mol. The Bertz CT molecular complexity index is 545. The van der Waals surface area contributed by atoms with Gasteiger partial charge in [-0.05, 0) is 38.4 Å². The zero-order valence-corrected chi connectivity index (χ0v) is 13.0. The van der Waals surface area contributed by atoms with Crippen LogP contribution in [0.25, 0.3) is 0 Å². The maximum absolute atomic E-state index is 11.7. The predicted octanol–water partition coefficient (Wildman–Crippen LogP) is 1.77. The maximum atomic E-state index is 11.7. The minimum Gasteiger partial charge on any atom is -0.368 e. The van der Waals surface area contributed by atoms with Gasteiger partial charge in [0.05, 0.1) is 0 Å². The molecule has 1 fully saturated rings. The molecule has 2 rings (SSSR count). The Morgan fingerprint density at radius 3 is 2.95 bits per heavy atom. The van der Waals surface area contributed by atoms with Crippen molar-refractivity contribution in [3.63, 3.8) is 0 Å². The normalized spacial score (nSPS) is 20.8. The molecule has 1 unspecified atom stereocenters. The first-order valence-corrected chi connectivity index (χ1v) is 9.00. The highest BCUT2D eigenvalue weighted by Gasteiger charge is 2.18. The lowest BCUT2D eigenvalue weighted by Gasteiger charge is -2.33. The number of likely N-dealkylation sites (tertiary alicyclic amines) is 1. The van der Waals surface area contributed by atoms with Crippen molar-refractivity contribution in [1.82, 2.24) is 9.88 Å². The molecule has 1 saturated heterocycles. The molecule has 1 aromatic rings. The van der Waals surface area contributed by atoms with E-state index in [-0.39, 0.29) is 4.90 Å². The van der Waals surface area contributed by atoms with E-state index in [1.54, 1.807) is 18.3 Å². The second-order valence-electron chi connectivity index (χ2n) is 5.43. The number of rotatable bonds is 5. The number of hydrogen-bond donors (Lipinski definition) is 1. The molecule has 5 nitrogen and oxygen atoms in total. The van der Waals surface area contributed by atoms with E-state index in [0.717, 1.165) is 13.1 Å². The fourth-order valence-corrected chi connectivity index (χ4v) is 3.43. The van der Waals surface area contributed by atoms with Gasteiger partial charge >= 0.3 is 0 Å². The smallest absolute Gasteiger partial charge is 0.179 e. The molecule has 1 aliphatic heterocycles. The maximum Gasteiger partial charge on any atom is 0.179 e. The second-order valence-corrected chi connectivity index (χ2v) is 7.41. The standard InChI is InChI=1S/C14H23N3O2S/c1-12-6-3-4-10-17(12)11-9-16-14-13(20(2,18)19)7-5-8-15-14/h5,7-8,12H,3-4,6,9-11H2,1-2H3,(H,15,16). The third-order valence-electron chi connectivity index (χ3n) is 3.80. The van der Waals surface area contributed by atoms with Gasteiger partial charge in [-0.2, -0.15) is 0 Å². The zero-order chi connectivity index (χ0) is 14.6. The molecule has 1 atom stereocenters. The Balaban J connectivity index is 1.94. The largest absolute Gasteiger partial charge is 0.368 e. The summed E-state index contributed by atoms with van der Waals surface area (Å²) < 4.78 is 23.4. The van der Waals surface area contributed by atoms with Gasteiger partial charge in [0.15, 0.2) is 9.84 Å². The molecule has 0 amide bonds. The van der Waals surface area contributed by atoms with Gasteiger partial charge in [0.1, 0.15) is 10.7 Å². The van der Waals surface area contributed by atoms with Crippen molar-refractivity contribution in [3.05, 3.63) is 18.3 Å². The molecular formula is C14H23N3O2S. The lowest BCUT2D eigenvalue weighted by molar-refractivity contribution is 0.167. The first kappa shape index (κ1) is 15.3. The van der Waals surface area contributed by atoms with Crippen molar-refractivity contribution in [2.24, 2.45) is 0 Å². The second kappa shape index (κ2) is 6.54. The van der Waals surface area contributed by atoms with Crippen LogP contribution >= 0.6 is 0 Å². The SMILES string of the molecule is CC1CCCCN1CCNc1ncccc1S(C)(=O)=O. The number of pyridine rings is 1. The van der Waals surface area contributed by atoms with Crippen LogP contribution in [0.15, 0.2) is 23.2 Å². The van der Waals surface area contributed by atoms with E-state index in [9.17, 15) is 8.42 Å². The molecule has 0 spiro atoms. The topological polar surface area (TPSA) is 62.3 Å². The van der Waals surface area contributed by atoms with E-state index in [0.29, 0.717) is 18.4 Å². The summed E-state index contributed by atoms with van der Waals surface area (Å²) in [6.45, 7) is 5.01. The van der Waals surface area contributed by atoms with E-state index >= 15 is 0 Å². The molecule has 2 heterocycles. The van der Waals surface area contributed by atoms with Crippen LogP contribution in [0.3, 0.4) is 0 Å². The number of nitrogens with zero attached hydrogens (tertiary/aromatic N) is 2. The Morgan fingerprint density at radius 2 is 2.25 bits per heavy atom. The lowest BCUT2D eigenvalue weighted by atomic mass is 10.0. The third kappa shape index (κ3) is 3.93. The number of sulfone groups is 1. The number of piperidine rings is 1. The van der Waals surface area contributed by atoms with Gasteiger partial charge in [-0.3, -0.25) is 4.90 Å². The van der Waals surface area contributed by atoms with Gasteiger partial charge < -0.3 is 5.32 Å². The van der Waals surface area contributed by atoms with Crippen molar-refractivity contribution in [2.45, 2.75) is 37.1 Å². The fourth-order valence-electron chi connectivity index (χ4n) is 2.63. The fraction of sp³-hybridized carbons (Fsp3) is 0.643. The Morgan fingerprint density at radius 1 is 1.45 bits per heavy atom. The van der Waals surface area contributed by atoms with E-state index in [1.807, 2.05) is 0 Å². The van der Waals surface area contributed by atoms with Crippen molar-refractivity contribution in [2.75, 3.05) is 31.2 Å². The highest BCUT2D eigenvalue weighted by molar-refractivity contribution is 7.90. The first-order chi connectivity index (χ1) is 9.48. The average molecular weight is 297 g/mol. The minimum absolute atomic E-state index is 0.270. The van der Waals surface area contributed by atoms with Crippen LogP contribution in [0.1, 0.15) is 26.2 Å². The Labute approximate surface area is 121 Å². The van der Waals surface area contributed by atoms with Crippen molar-refractivity contribution >= 4 is 15.7 Å². The zero-order valence-electron chi connectivity index (χ0n) is 12.2. The predicted molar refractivity (Wildman–Crippen MR) is 80.7 cm³/mol. The molecule has 112 valence electrons. The van der Waals surface area contributed by atoms with Crippen LogP contribution in [0.2, 0.25) is 0 Å². The van der Waals surface area contributed by atoms with Crippen LogP contribution in [-0.4, -0.2) is 50.2 Å². The van der Waals surface area contributed by atoms with Gasteiger partial charge in [0.25, 0.3) is 0 Å². The third-order valence-corrected chi connectivity index (χ3v) is 4.93. The molecule has 1 N–H and O–H groups in total. The van der Waals surface area contributed by atoms with Gasteiger partial charge in [-0.1, -0.05) is 6.42 Å². The van der Waals surface area contributed by atoms with Crippen LogP contribution in [0, 0.1) is 0 Å². The quantitative estimate of drug-likeness (QED) is 0.897. The summed E-state index contributed by atoms with van der Waals surface area (Å²) in [5, 5.41) is 3.16. The molecule has 0 aromatic carbocycles. The molecule has 1 aromatic heterocycles. The number of anilines is 1. The minimum atomic E-state index is -3.24. The summed E-state index contributed by atoms with van der Waals surface area (Å²) in [7, 11) is -3.24. The van der Waals surface area contributed by atoms with E-state index < -0.39 is 9.84 Å². The van der Waals surface area contributed by atoms with Crippen LogP contribution in [0.5, 0.6) is 0 Å². The van der Waals surface area contributed by atoms with Gasteiger partial charge in [-0.15, -0.1) is 0 Å². The van der Waals surface area contributed by atoms with Gasteiger partial charge in [0, 0.05) is 31.6 Å². The Kier molecular flexibility index (Phi) is 4.99. The summed E-state index contributed by atoms with van der Waals surface area (Å²) in [4.78, 5) is 6.85. The number of aromatic nitrogens is 1. The van der Waals surface area contributed by atoms with Crippen LogP contribution < -0.4 is 5.32 Å². The van der Waals surface area contributed by atoms with E-state index in [1.165, 1.54) is 25.5 Å². The molecule has 20 heavy (non-hydrogen) atoms. The monoisotopic (exact) mass is 297 g/mol. The summed E-state index contributed by atoms with van der Waals surface area (Å²) in [6.07, 6.45) is 6.63. The Hall–Kier alpha value is -1.14. The number of hydrogen-bond acceptors (Lipinski definition) is 5. The van der Waals surface area contributed by atoms with Crippen molar-refractivity contribution < 1.29 is 8.42 Å². The van der Waals surface area contributed by atoms with E-state index in [2.05, 4.69) is 22.1 Å². The summed E-state index contributed by atoms with van der Waals surface area (Å²) in [5.74, 6) is 0.458. The van der Waals surface area contributed by atoms with Crippen LogP contribution in [-0.2, 0) is 9.84 Å². The summed E-state index contributed by atoms with van der Waals surface area (Å²) in [6, 6.07) is 3.85. The summed E-state index contributed by atoms with van der Waals surface area (Å²) in [5.41, 5.74) is 0. The van der Waals surface area contributed by atoms with Gasteiger partial charge in [0.2, 0.25) is 0 Å². The lowest BCUT2D eigenvalue weighted by Crippen LogP contribution is -2.40. The molecule has 0 saturated carbocycles. The molecule has 0 aliphatic carbocycles. The van der Waals surface area contributed by atoms with Crippen molar-refractivity contribution in [3.8, 4) is 0 Å². The highest BCUT2D eigenvalue weighted by atomic mass is 32.2.